The highest BCUT2D eigenvalue weighted by molar-refractivity contribution is 6.09. The number of hydrogen-bond donors (Lipinski definition) is 2. The van der Waals surface area contributed by atoms with Gasteiger partial charge < -0.3 is 10.6 Å². The van der Waals surface area contributed by atoms with Crippen LogP contribution < -0.4 is 10.6 Å². The van der Waals surface area contributed by atoms with Gasteiger partial charge in [0.1, 0.15) is 0 Å². The van der Waals surface area contributed by atoms with Crippen LogP contribution in [-0.4, -0.2) is 23.3 Å². The van der Waals surface area contributed by atoms with Crippen LogP contribution in [0.15, 0.2) is 42.5 Å². The fourth-order valence-corrected chi connectivity index (χ4v) is 2.32. The first kappa shape index (κ1) is 18.1. The molecule has 7 nitrogen and oxygen atoms in total. The molecule has 2 amide bonds. The van der Waals surface area contributed by atoms with Crippen LogP contribution in [0.4, 0.5) is 11.4 Å². The molecule has 0 spiro atoms. The van der Waals surface area contributed by atoms with Crippen molar-refractivity contribution in [2.24, 2.45) is 0 Å². The van der Waals surface area contributed by atoms with Crippen molar-refractivity contribution in [3.63, 3.8) is 0 Å². The number of aryl methyl sites for hydroxylation is 1. The van der Waals surface area contributed by atoms with E-state index in [2.05, 4.69) is 10.6 Å². The Morgan fingerprint density at radius 3 is 2.48 bits per heavy atom. The molecular weight excluding hydrogens is 322 g/mol. The van der Waals surface area contributed by atoms with Gasteiger partial charge in [-0.3, -0.25) is 19.7 Å². The number of para-hydroxylation sites is 1. The Bertz CT molecular complexity index is 818. The molecule has 0 heterocycles. The maximum Gasteiger partial charge on any atom is 0.272 e. The van der Waals surface area contributed by atoms with Gasteiger partial charge in [-0.15, -0.1) is 0 Å². The molecule has 0 fully saturated rings. The minimum Gasteiger partial charge on any atom is -0.352 e. The third-order valence-electron chi connectivity index (χ3n) is 3.61. The Balaban J connectivity index is 2.22. The van der Waals surface area contributed by atoms with Gasteiger partial charge in [0.2, 0.25) is 0 Å². The molecule has 130 valence electrons. The number of hydrogen-bond acceptors (Lipinski definition) is 4. The molecule has 0 radical (unpaired) electrons. The molecule has 0 aromatic heterocycles. The third-order valence-corrected chi connectivity index (χ3v) is 3.61. The van der Waals surface area contributed by atoms with Crippen LogP contribution in [-0.2, 0) is 0 Å². The number of rotatable bonds is 6. The zero-order chi connectivity index (χ0) is 18.4. The molecule has 0 saturated heterocycles. The molecule has 0 bridgehead atoms. The van der Waals surface area contributed by atoms with Gasteiger partial charge in [0.25, 0.3) is 17.5 Å². The topological polar surface area (TPSA) is 101 Å². The van der Waals surface area contributed by atoms with Crippen molar-refractivity contribution in [2.75, 3.05) is 11.9 Å². The first-order valence-electron chi connectivity index (χ1n) is 7.87. The van der Waals surface area contributed by atoms with Crippen molar-refractivity contribution >= 4 is 23.2 Å². The highest BCUT2D eigenvalue weighted by Crippen LogP contribution is 2.21. The highest BCUT2D eigenvalue weighted by Gasteiger charge is 2.16. The minimum atomic E-state index is -0.496. The summed E-state index contributed by atoms with van der Waals surface area (Å²) in [6.07, 6.45) is 0.808. The summed E-state index contributed by atoms with van der Waals surface area (Å²) in [5.41, 5.74) is 1.38. The number of nitrogens with zero attached hydrogens (tertiary/aromatic N) is 1. The number of amides is 2. The number of nitrogens with one attached hydrogen (secondary N) is 2. The van der Waals surface area contributed by atoms with Crippen molar-refractivity contribution < 1.29 is 14.5 Å². The van der Waals surface area contributed by atoms with Crippen LogP contribution in [0.1, 0.15) is 39.6 Å². The molecule has 2 aromatic carbocycles. The number of nitro benzene ring substituents is 1. The summed E-state index contributed by atoms with van der Waals surface area (Å²) in [7, 11) is 0. The van der Waals surface area contributed by atoms with E-state index in [0.29, 0.717) is 23.4 Å². The van der Waals surface area contributed by atoms with Crippen molar-refractivity contribution in [3.8, 4) is 0 Å². The van der Waals surface area contributed by atoms with Crippen LogP contribution in [0.25, 0.3) is 0 Å². The Morgan fingerprint density at radius 1 is 1.12 bits per heavy atom. The predicted molar refractivity (Wildman–Crippen MR) is 94.9 cm³/mol. The largest absolute Gasteiger partial charge is 0.352 e. The summed E-state index contributed by atoms with van der Waals surface area (Å²) in [5, 5.41) is 16.3. The Hall–Kier alpha value is -3.22. The zero-order valence-corrected chi connectivity index (χ0v) is 14.0. The third kappa shape index (κ3) is 4.41. The number of anilines is 1. The lowest BCUT2D eigenvalue weighted by Gasteiger charge is -2.11. The van der Waals surface area contributed by atoms with Crippen LogP contribution in [0, 0.1) is 17.0 Å². The molecule has 0 aliphatic carbocycles. The molecule has 2 rings (SSSR count). The van der Waals surface area contributed by atoms with Crippen molar-refractivity contribution in [2.45, 2.75) is 20.3 Å². The van der Waals surface area contributed by atoms with Crippen LogP contribution >= 0.6 is 0 Å². The summed E-state index contributed by atoms with van der Waals surface area (Å²) >= 11 is 0. The van der Waals surface area contributed by atoms with Gasteiger partial charge in [-0.2, -0.15) is 0 Å². The standard InChI is InChI=1S/C18H19N3O4/c1-3-10-19-18(23)14-6-4-5-7-15(14)20-17(22)13-8-9-16(21(24)25)12(2)11-13/h4-9,11H,3,10H2,1-2H3,(H,19,23)(H,20,22). The molecule has 0 atom stereocenters. The Labute approximate surface area is 145 Å². The van der Waals surface area contributed by atoms with Gasteiger partial charge >= 0.3 is 0 Å². The first-order valence-corrected chi connectivity index (χ1v) is 7.87. The Morgan fingerprint density at radius 2 is 1.84 bits per heavy atom. The van der Waals surface area contributed by atoms with Crippen molar-refractivity contribution in [1.82, 2.24) is 5.32 Å². The highest BCUT2D eigenvalue weighted by atomic mass is 16.6. The van der Waals surface area contributed by atoms with E-state index in [-0.39, 0.29) is 17.2 Å². The normalized spacial score (nSPS) is 10.2. The summed E-state index contributed by atoms with van der Waals surface area (Å²) in [6, 6.07) is 10.8. The molecule has 0 aliphatic heterocycles. The average Bonchev–Trinajstić information content (AvgIpc) is 2.59. The van der Waals surface area contributed by atoms with E-state index in [1.165, 1.54) is 18.2 Å². The maximum atomic E-state index is 12.4. The number of nitro groups is 1. The van der Waals surface area contributed by atoms with Gasteiger partial charge in [0.15, 0.2) is 0 Å². The van der Waals surface area contributed by atoms with Crippen LogP contribution in [0.2, 0.25) is 0 Å². The second-order valence-corrected chi connectivity index (χ2v) is 5.51. The lowest BCUT2D eigenvalue weighted by atomic mass is 10.1. The molecule has 0 unspecified atom stereocenters. The molecule has 2 aromatic rings. The van der Waals surface area contributed by atoms with E-state index in [1.807, 2.05) is 6.92 Å². The molecule has 0 aliphatic rings. The molecule has 7 heteroatoms. The minimum absolute atomic E-state index is 0.0455. The lowest BCUT2D eigenvalue weighted by molar-refractivity contribution is -0.385. The van der Waals surface area contributed by atoms with E-state index in [4.69, 9.17) is 0 Å². The van der Waals surface area contributed by atoms with Gasteiger partial charge in [-0.25, -0.2) is 0 Å². The van der Waals surface area contributed by atoms with E-state index in [0.717, 1.165) is 6.42 Å². The number of carbonyl (C=O) groups excluding carboxylic acids is 2. The fourth-order valence-electron chi connectivity index (χ4n) is 2.32. The first-order chi connectivity index (χ1) is 11.9. The molecule has 2 N–H and O–H groups in total. The average molecular weight is 341 g/mol. The molecular formula is C18H19N3O4. The summed E-state index contributed by atoms with van der Waals surface area (Å²) in [6.45, 7) is 4.06. The van der Waals surface area contributed by atoms with E-state index in [9.17, 15) is 19.7 Å². The Kier molecular flexibility index (Phi) is 5.84. The van der Waals surface area contributed by atoms with Crippen molar-refractivity contribution in [3.05, 3.63) is 69.3 Å². The van der Waals surface area contributed by atoms with Gasteiger partial charge in [-0.1, -0.05) is 19.1 Å². The number of carbonyl (C=O) groups is 2. The monoisotopic (exact) mass is 341 g/mol. The molecule has 25 heavy (non-hydrogen) atoms. The molecule has 0 saturated carbocycles. The van der Waals surface area contributed by atoms with Crippen molar-refractivity contribution in [1.29, 1.82) is 0 Å². The van der Waals surface area contributed by atoms with E-state index < -0.39 is 10.8 Å². The fraction of sp³-hybridized carbons (Fsp3) is 0.222. The van der Waals surface area contributed by atoms with Gasteiger partial charge in [0.05, 0.1) is 16.2 Å². The summed E-state index contributed by atoms with van der Waals surface area (Å²) < 4.78 is 0. The van der Waals surface area contributed by atoms with Crippen LogP contribution in [0.3, 0.4) is 0 Å². The maximum absolute atomic E-state index is 12.4. The van der Waals surface area contributed by atoms with Gasteiger partial charge in [0, 0.05) is 23.7 Å². The van der Waals surface area contributed by atoms with Gasteiger partial charge in [-0.05, 0) is 37.6 Å². The quantitative estimate of drug-likeness (QED) is 0.622. The van der Waals surface area contributed by atoms with E-state index in [1.54, 1.807) is 31.2 Å². The predicted octanol–water partition coefficient (Wildman–Crippen LogP) is 3.30. The smallest absolute Gasteiger partial charge is 0.272 e. The second-order valence-electron chi connectivity index (χ2n) is 5.51. The summed E-state index contributed by atoms with van der Waals surface area (Å²) in [4.78, 5) is 35.0. The SMILES string of the molecule is CCCNC(=O)c1ccccc1NC(=O)c1ccc([N+](=O)[O-])c(C)c1. The number of benzene rings is 2. The zero-order valence-electron chi connectivity index (χ0n) is 14.0. The van der Waals surface area contributed by atoms with E-state index >= 15 is 0 Å². The summed E-state index contributed by atoms with van der Waals surface area (Å²) in [5.74, 6) is -0.702. The second kappa shape index (κ2) is 8.05. The lowest BCUT2D eigenvalue weighted by Crippen LogP contribution is -2.25. The van der Waals surface area contributed by atoms with Crippen LogP contribution in [0.5, 0.6) is 0 Å².